The number of rotatable bonds is 48. The highest BCUT2D eigenvalue weighted by atomic mass is 16.7. The molecule has 0 aromatic carbocycles. The SMILES string of the molecule is CCCCCCCCCCCCCC/C=C\CCCCCCCCCCCCCCCCCCC(=O)NC(COC1OC(CO)C(O)C(O)C1O)C(O)CCCCCCCCCCC. The third kappa shape index (κ3) is 35.1. The van der Waals surface area contributed by atoms with Crippen molar-refractivity contribution in [3.63, 3.8) is 0 Å². The first-order chi connectivity index (χ1) is 31.3. The summed E-state index contributed by atoms with van der Waals surface area (Å²) in [5.74, 6) is -0.142. The summed E-state index contributed by atoms with van der Waals surface area (Å²) in [7, 11) is 0. The van der Waals surface area contributed by atoms with E-state index in [9.17, 15) is 30.3 Å². The minimum absolute atomic E-state index is 0.134. The first-order valence-electron chi connectivity index (χ1n) is 27.9. The molecule has 7 atom stereocenters. The molecule has 380 valence electrons. The number of nitrogens with one attached hydrogen (secondary N) is 1. The van der Waals surface area contributed by atoms with Gasteiger partial charge in [-0.3, -0.25) is 4.79 Å². The molecule has 1 saturated heterocycles. The van der Waals surface area contributed by atoms with Gasteiger partial charge in [0, 0.05) is 6.42 Å². The molecule has 0 aromatic rings. The van der Waals surface area contributed by atoms with Crippen LogP contribution in [-0.2, 0) is 14.3 Å². The van der Waals surface area contributed by atoms with Crippen molar-refractivity contribution in [2.24, 2.45) is 0 Å². The van der Waals surface area contributed by atoms with Crippen LogP contribution < -0.4 is 5.32 Å². The zero-order chi connectivity index (χ0) is 46.6. The number of unbranched alkanes of at least 4 members (excludes halogenated alkanes) is 36. The van der Waals surface area contributed by atoms with Crippen molar-refractivity contribution < 1.29 is 39.8 Å². The third-order valence-electron chi connectivity index (χ3n) is 13.6. The van der Waals surface area contributed by atoms with Gasteiger partial charge in [-0.25, -0.2) is 0 Å². The van der Waals surface area contributed by atoms with Gasteiger partial charge in [0.25, 0.3) is 0 Å². The first-order valence-corrected chi connectivity index (χ1v) is 27.9. The van der Waals surface area contributed by atoms with Crippen LogP contribution in [0.4, 0.5) is 0 Å². The van der Waals surface area contributed by atoms with Crippen molar-refractivity contribution in [3.05, 3.63) is 12.2 Å². The van der Waals surface area contributed by atoms with Gasteiger partial charge in [0.15, 0.2) is 6.29 Å². The standard InChI is InChI=1S/C55H107NO8/c1-3-5-7-9-11-13-14-15-16-17-18-19-20-21-22-23-24-25-26-27-28-29-30-31-32-33-34-35-37-39-41-43-45-51(59)56-48(49(58)44-42-40-38-36-12-10-8-6-4-2)47-63-55-54(62)53(61)52(60)50(46-57)64-55/h21-22,48-50,52-55,57-58,60-62H,3-20,23-47H2,1-2H3,(H,56,59)/b22-21-. The molecule has 1 aliphatic rings. The molecule has 0 saturated carbocycles. The maximum Gasteiger partial charge on any atom is 0.220 e. The van der Waals surface area contributed by atoms with E-state index in [1.165, 1.54) is 212 Å². The highest BCUT2D eigenvalue weighted by Gasteiger charge is 2.44. The quantitative estimate of drug-likeness (QED) is 0.0261. The molecule has 1 heterocycles. The number of hydrogen-bond donors (Lipinski definition) is 6. The molecule has 0 aromatic heterocycles. The Morgan fingerprint density at radius 2 is 0.875 bits per heavy atom. The van der Waals surface area contributed by atoms with Crippen LogP contribution in [0.25, 0.3) is 0 Å². The fourth-order valence-electron chi connectivity index (χ4n) is 9.16. The number of carbonyl (C=O) groups excluding carboxylic acids is 1. The summed E-state index contributed by atoms with van der Waals surface area (Å²) >= 11 is 0. The zero-order valence-corrected chi connectivity index (χ0v) is 42.1. The highest BCUT2D eigenvalue weighted by Crippen LogP contribution is 2.23. The van der Waals surface area contributed by atoms with Crippen molar-refractivity contribution in [3.8, 4) is 0 Å². The lowest BCUT2D eigenvalue weighted by molar-refractivity contribution is -0.302. The number of allylic oxidation sites excluding steroid dienone is 2. The Morgan fingerprint density at radius 1 is 0.516 bits per heavy atom. The average molecular weight is 910 g/mol. The lowest BCUT2D eigenvalue weighted by Crippen LogP contribution is -2.60. The second kappa shape index (κ2) is 45.7. The van der Waals surface area contributed by atoms with Gasteiger partial charge in [-0.05, 0) is 38.5 Å². The Hall–Kier alpha value is -1.07. The van der Waals surface area contributed by atoms with Crippen LogP contribution in [0.15, 0.2) is 12.2 Å². The van der Waals surface area contributed by atoms with Gasteiger partial charge in [0.05, 0.1) is 25.4 Å². The smallest absolute Gasteiger partial charge is 0.220 e. The van der Waals surface area contributed by atoms with Gasteiger partial charge in [-0.1, -0.05) is 244 Å². The van der Waals surface area contributed by atoms with Gasteiger partial charge >= 0.3 is 0 Å². The van der Waals surface area contributed by atoms with E-state index in [1.807, 2.05) is 0 Å². The van der Waals surface area contributed by atoms with E-state index in [2.05, 4.69) is 31.3 Å². The third-order valence-corrected chi connectivity index (χ3v) is 13.6. The minimum atomic E-state index is -1.55. The molecule has 6 N–H and O–H groups in total. The molecule has 0 radical (unpaired) electrons. The van der Waals surface area contributed by atoms with Crippen molar-refractivity contribution in [1.29, 1.82) is 0 Å². The normalized spacial score (nSPS) is 20.0. The van der Waals surface area contributed by atoms with E-state index in [1.54, 1.807) is 0 Å². The molecule has 64 heavy (non-hydrogen) atoms. The molecule has 9 heteroatoms. The predicted molar refractivity (Wildman–Crippen MR) is 267 cm³/mol. The van der Waals surface area contributed by atoms with Crippen molar-refractivity contribution in [2.45, 2.75) is 320 Å². The van der Waals surface area contributed by atoms with Crippen molar-refractivity contribution in [1.82, 2.24) is 5.32 Å². The van der Waals surface area contributed by atoms with Crippen LogP contribution in [0.5, 0.6) is 0 Å². The topological polar surface area (TPSA) is 149 Å². The van der Waals surface area contributed by atoms with E-state index in [4.69, 9.17) is 9.47 Å². The predicted octanol–water partition coefficient (Wildman–Crippen LogP) is 13.2. The second-order valence-corrected chi connectivity index (χ2v) is 19.7. The molecule has 9 nitrogen and oxygen atoms in total. The van der Waals surface area contributed by atoms with Gasteiger partial charge in [0.1, 0.15) is 24.4 Å². The fourth-order valence-corrected chi connectivity index (χ4v) is 9.16. The second-order valence-electron chi connectivity index (χ2n) is 19.7. The van der Waals surface area contributed by atoms with Crippen LogP contribution in [0, 0.1) is 0 Å². The number of hydrogen-bond acceptors (Lipinski definition) is 8. The van der Waals surface area contributed by atoms with E-state index in [-0.39, 0.29) is 12.5 Å². The number of carbonyl (C=O) groups is 1. The number of aliphatic hydroxyl groups is 5. The summed E-state index contributed by atoms with van der Waals surface area (Å²) in [6.45, 7) is 3.83. The van der Waals surface area contributed by atoms with Crippen molar-refractivity contribution in [2.75, 3.05) is 13.2 Å². The molecule has 0 aliphatic carbocycles. The highest BCUT2D eigenvalue weighted by molar-refractivity contribution is 5.76. The Labute approximate surface area is 395 Å². The number of aliphatic hydroxyl groups excluding tert-OH is 5. The number of amides is 1. The van der Waals surface area contributed by atoms with E-state index >= 15 is 0 Å². The summed E-state index contributed by atoms with van der Waals surface area (Å²) in [5.41, 5.74) is 0. The molecule has 1 fully saturated rings. The number of ether oxygens (including phenoxy) is 2. The van der Waals surface area contributed by atoms with Crippen LogP contribution >= 0.6 is 0 Å². The first kappa shape index (κ1) is 60.9. The molecular weight excluding hydrogens is 803 g/mol. The Kier molecular flexibility index (Phi) is 43.5. The largest absolute Gasteiger partial charge is 0.394 e. The van der Waals surface area contributed by atoms with Gasteiger partial charge in [0.2, 0.25) is 5.91 Å². The fraction of sp³-hybridized carbons (Fsp3) is 0.945. The van der Waals surface area contributed by atoms with Gasteiger partial charge in [-0.2, -0.15) is 0 Å². The van der Waals surface area contributed by atoms with Gasteiger partial charge in [-0.15, -0.1) is 0 Å². The van der Waals surface area contributed by atoms with Crippen LogP contribution in [-0.4, -0.2) is 87.5 Å². The monoisotopic (exact) mass is 910 g/mol. The summed E-state index contributed by atoms with van der Waals surface area (Å²) < 4.78 is 11.3. The maximum atomic E-state index is 13.0. The Bertz CT molecular complexity index is 1010. The lowest BCUT2D eigenvalue weighted by Gasteiger charge is -2.40. The minimum Gasteiger partial charge on any atom is -0.394 e. The Morgan fingerprint density at radius 3 is 1.27 bits per heavy atom. The Balaban J connectivity index is 2.05. The van der Waals surface area contributed by atoms with E-state index in [0.717, 1.165) is 38.5 Å². The van der Waals surface area contributed by atoms with E-state index < -0.39 is 49.5 Å². The van der Waals surface area contributed by atoms with Crippen LogP contribution in [0.3, 0.4) is 0 Å². The van der Waals surface area contributed by atoms with Crippen molar-refractivity contribution >= 4 is 5.91 Å². The molecule has 1 rings (SSSR count). The summed E-state index contributed by atoms with van der Waals surface area (Å²) in [6.07, 6.45) is 48.5. The average Bonchev–Trinajstić information content (AvgIpc) is 3.29. The molecule has 0 bridgehead atoms. The summed E-state index contributed by atoms with van der Waals surface area (Å²) in [6, 6.07) is -0.713. The molecule has 1 amide bonds. The molecular formula is C55H107NO8. The lowest BCUT2D eigenvalue weighted by atomic mass is 9.99. The van der Waals surface area contributed by atoms with Crippen LogP contribution in [0.2, 0.25) is 0 Å². The zero-order valence-electron chi connectivity index (χ0n) is 42.1. The van der Waals surface area contributed by atoms with E-state index in [0.29, 0.717) is 12.8 Å². The maximum absolute atomic E-state index is 13.0. The molecule has 1 aliphatic heterocycles. The van der Waals surface area contributed by atoms with Crippen LogP contribution in [0.1, 0.15) is 277 Å². The van der Waals surface area contributed by atoms with Gasteiger partial charge < -0.3 is 40.3 Å². The molecule has 7 unspecified atom stereocenters. The summed E-state index contributed by atoms with van der Waals surface area (Å²) in [4.78, 5) is 13.0. The molecule has 0 spiro atoms. The summed E-state index contributed by atoms with van der Waals surface area (Å²) in [5, 5.41) is 54.3.